The summed E-state index contributed by atoms with van der Waals surface area (Å²) in [5, 5.41) is 11.1. The van der Waals surface area contributed by atoms with Crippen LogP contribution in [0.4, 0.5) is 0 Å². The highest BCUT2D eigenvalue weighted by atomic mass is 32.1. The summed E-state index contributed by atoms with van der Waals surface area (Å²) in [5.74, 6) is -0.218. The standard InChI is InChI=1S/C15H21NO2S/c17-15(18)10-11-8-12-3-4-13(9-11)16(12)6-5-14-2-1-7-19-14/h1-2,7,11-13H,3-6,8-10H2,(H,17,18). The number of aliphatic carboxylic acids is 1. The van der Waals surface area contributed by atoms with Gasteiger partial charge in [-0.15, -0.1) is 11.3 Å². The maximum Gasteiger partial charge on any atom is 0.303 e. The molecule has 3 rings (SSSR count). The molecule has 0 aliphatic carbocycles. The number of rotatable bonds is 5. The van der Waals surface area contributed by atoms with E-state index in [1.165, 1.54) is 17.7 Å². The maximum atomic E-state index is 10.9. The van der Waals surface area contributed by atoms with Gasteiger partial charge in [-0.1, -0.05) is 6.07 Å². The molecule has 0 spiro atoms. The van der Waals surface area contributed by atoms with Crippen LogP contribution in [0.1, 0.15) is 37.0 Å². The third-order valence-corrected chi connectivity index (χ3v) is 5.58. The number of hydrogen-bond donors (Lipinski definition) is 1. The van der Waals surface area contributed by atoms with Crippen LogP contribution >= 0.6 is 11.3 Å². The van der Waals surface area contributed by atoms with Crippen molar-refractivity contribution in [3.05, 3.63) is 22.4 Å². The van der Waals surface area contributed by atoms with E-state index >= 15 is 0 Å². The number of nitrogens with zero attached hydrogens (tertiary/aromatic N) is 1. The number of carboxylic acid groups (broad SMARTS) is 1. The van der Waals surface area contributed by atoms with Crippen molar-refractivity contribution in [2.75, 3.05) is 6.54 Å². The van der Waals surface area contributed by atoms with Crippen molar-refractivity contribution in [1.29, 1.82) is 0 Å². The highest BCUT2D eigenvalue weighted by molar-refractivity contribution is 7.09. The molecule has 2 aliphatic heterocycles. The lowest BCUT2D eigenvalue weighted by Gasteiger charge is -2.38. The molecular formula is C15H21NO2S. The minimum atomic E-state index is -0.628. The Morgan fingerprint density at radius 2 is 2.11 bits per heavy atom. The summed E-state index contributed by atoms with van der Waals surface area (Å²) in [5.41, 5.74) is 0. The van der Waals surface area contributed by atoms with E-state index in [0.717, 1.165) is 25.8 Å². The second-order valence-corrected chi connectivity index (χ2v) is 6.92. The molecule has 0 saturated carbocycles. The Balaban J connectivity index is 1.55. The molecule has 2 fully saturated rings. The lowest BCUT2D eigenvalue weighted by Crippen LogP contribution is -2.44. The summed E-state index contributed by atoms with van der Waals surface area (Å²) in [6, 6.07) is 5.61. The summed E-state index contributed by atoms with van der Waals surface area (Å²) >= 11 is 1.84. The fourth-order valence-electron chi connectivity index (χ4n) is 3.86. The van der Waals surface area contributed by atoms with Crippen molar-refractivity contribution in [1.82, 2.24) is 4.90 Å². The number of fused-ring (bicyclic) bond motifs is 2. The molecule has 0 amide bonds. The molecule has 2 atom stereocenters. The molecule has 2 aliphatic rings. The molecule has 104 valence electrons. The first-order valence-corrected chi connectivity index (χ1v) is 8.10. The highest BCUT2D eigenvalue weighted by Crippen LogP contribution is 2.39. The van der Waals surface area contributed by atoms with Crippen LogP contribution in [0.3, 0.4) is 0 Å². The number of carboxylic acids is 1. The SMILES string of the molecule is O=C(O)CC1CC2CCC(C1)N2CCc1cccs1. The number of hydrogen-bond acceptors (Lipinski definition) is 3. The van der Waals surface area contributed by atoms with Gasteiger partial charge in [0.25, 0.3) is 0 Å². The molecule has 19 heavy (non-hydrogen) atoms. The van der Waals surface area contributed by atoms with Crippen LogP contribution in [0.5, 0.6) is 0 Å². The van der Waals surface area contributed by atoms with E-state index in [9.17, 15) is 4.79 Å². The predicted octanol–water partition coefficient (Wildman–Crippen LogP) is 3.01. The van der Waals surface area contributed by atoms with Gasteiger partial charge < -0.3 is 5.11 Å². The molecule has 0 aromatic carbocycles. The monoisotopic (exact) mass is 279 g/mol. The number of carbonyl (C=O) groups is 1. The van der Waals surface area contributed by atoms with E-state index in [2.05, 4.69) is 22.4 Å². The molecule has 2 saturated heterocycles. The minimum absolute atomic E-state index is 0.367. The first-order valence-electron chi connectivity index (χ1n) is 7.22. The Bertz CT molecular complexity index is 417. The fraction of sp³-hybridized carbons (Fsp3) is 0.667. The Kier molecular flexibility index (Phi) is 3.89. The van der Waals surface area contributed by atoms with Crippen molar-refractivity contribution in [3.63, 3.8) is 0 Å². The smallest absolute Gasteiger partial charge is 0.303 e. The topological polar surface area (TPSA) is 40.5 Å². The van der Waals surface area contributed by atoms with Crippen molar-refractivity contribution < 1.29 is 9.90 Å². The molecule has 3 heterocycles. The van der Waals surface area contributed by atoms with Gasteiger partial charge in [0.15, 0.2) is 0 Å². The Hall–Kier alpha value is -0.870. The van der Waals surface area contributed by atoms with Crippen molar-refractivity contribution in [2.45, 2.75) is 50.6 Å². The van der Waals surface area contributed by atoms with Gasteiger partial charge in [0.2, 0.25) is 0 Å². The van der Waals surface area contributed by atoms with Crippen LogP contribution in [-0.4, -0.2) is 34.6 Å². The summed E-state index contributed by atoms with van der Waals surface area (Å²) in [6.45, 7) is 1.15. The van der Waals surface area contributed by atoms with Gasteiger partial charge >= 0.3 is 5.97 Å². The van der Waals surface area contributed by atoms with Crippen molar-refractivity contribution in [2.24, 2.45) is 5.92 Å². The van der Waals surface area contributed by atoms with E-state index in [0.29, 0.717) is 24.4 Å². The largest absolute Gasteiger partial charge is 0.481 e. The summed E-state index contributed by atoms with van der Waals surface area (Å²) < 4.78 is 0. The normalized spacial score (nSPS) is 30.6. The highest BCUT2D eigenvalue weighted by Gasteiger charge is 2.40. The van der Waals surface area contributed by atoms with E-state index in [1.54, 1.807) is 0 Å². The fourth-order valence-corrected chi connectivity index (χ4v) is 4.56. The van der Waals surface area contributed by atoms with Crippen LogP contribution in [0, 0.1) is 5.92 Å². The molecule has 4 heteroatoms. The van der Waals surface area contributed by atoms with Gasteiger partial charge in [0.05, 0.1) is 0 Å². The third kappa shape index (κ3) is 3.00. The summed E-state index contributed by atoms with van der Waals surface area (Å²) in [6.07, 6.45) is 6.23. The average molecular weight is 279 g/mol. The molecule has 0 radical (unpaired) electrons. The molecule has 1 N–H and O–H groups in total. The van der Waals surface area contributed by atoms with Crippen LogP contribution < -0.4 is 0 Å². The zero-order valence-electron chi connectivity index (χ0n) is 11.1. The molecule has 1 aromatic rings. The van der Waals surface area contributed by atoms with Gasteiger partial charge in [0.1, 0.15) is 0 Å². The van der Waals surface area contributed by atoms with Crippen LogP contribution in [0.2, 0.25) is 0 Å². The predicted molar refractivity (Wildman–Crippen MR) is 76.5 cm³/mol. The lowest BCUT2D eigenvalue weighted by molar-refractivity contribution is -0.138. The quantitative estimate of drug-likeness (QED) is 0.900. The van der Waals surface area contributed by atoms with E-state index in [4.69, 9.17) is 5.11 Å². The molecule has 2 bridgehead atoms. The number of thiophene rings is 1. The summed E-state index contributed by atoms with van der Waals surface area (Å²) in [7, 11) is 0. The van der Waals surface area contributed by atoms with E-state index in [1.807, 2.05) is 11.3 Å². The maximum absolute atomic E-state index is 10.9. The third-order valence-electron chi connectivity index (χ3n) is 4.64. The van der Waals surface area contributed by atoms with Gasteiger partial charge in [-0.25, -0.2) is 0 Å². The Morgan fingerprint density at radius 1 is 1.37 bits per heavy atom. The Labute approximate surface area is 118 Å². The van der Waals surface area contributed by atoms with Crippen LogP contribution in [0.25, 0.3) is 0 Å². The average Bonchev–Trinajstić information content (AvgIpc) is 2.93. The Morgan fingerprint density at radius 3 is 2.68 bits per heavy atom. The number of piperidine rings is 1. The second kappa shape index (κ2) is 5.63. The zero-order chi connectivity index (χ0) is 13.2. The zero-order valence-corrected chi connectivity index (χ0v) is 11.9. The van der Waals surface area contributed by atoms with Gasteiger partial charge in [-0.3, -0.25) is 9.69 Å². The molecule has 2 unspecified atom stereocenters. The van der Waals surface area contributed by atoms with Crippen molar-refractivity contribution >= 4 is 17.3 Å². The van der Waals surface area contributed by atoms with Crippen LogP contribution in [0.15, 0.2) is 17.5 Å². The van der Waals surface area contributed by atoms with Gasteiger partial charge in [-0.05, 0) is 49.5 Å². The van der Waals surface area contributed by atoms with E-state index in [-0.39, 0.29) is 0 Å². The second-order valence-electron chi connectivity index (χ2n) is 5.89. The van der Waals surface area contributed by atoms with Gasteiger partial charge in [-0.2, -0.15) is 0 Å². The molecular weight excluding hydrogens is 258 g/mol. The van der Waals surface area contributed by atoms with Crippen LogP contribution in [-0.2, 0) is 11.2 Å². The molecule has 1 aromatic heterocycles. The summed E-state index contributed by atoms with van der Waals surface area (Å²) in [4.78, 5) is 15.0. The van der Waals surface area contributed by atoms with Gasteiger partial charge in [0, 0.05) is 29.9 Å². The van der Waals surface area contributed by atoms with E-state index < -0.39 is 5.97 Å². The minimum Gasteiger partial charge on any atom is -0.481 e. The first kappa shape index (κ1) is 13.1. The lowest BCUT2D eigenvalue weighted by atomic mass is 9.88. The van der Waals surface area contributed by atoms with Crippen molar-refractivity contribution in [3.8, 4) is 0 Å². The first-order chi connectivity index (χ1) is 9.22. The molecule has 3 nitrogen and oxygen atoms in total.